The third kappa shape index (κ3) is 3.35. The fraction of sp³-hybridized carbons (Fsp3) is 0.138. The average molecular weight is 437 g/mol. The Kier molecular flexibility index (Phi) is 5.35. The smallest absolute Gasteiger partial charge is 0.164 e. The number of methoxy groups -OCH3 is 2. The Labute approximate surface area is 193 Å². The van der Waals surface area contributed by atoms with Gasteiger partial charge in [0.15, 0.2) is 5.78 Å². The Balaban J connectivity index is 1.88. The predicted molar refractivity (Wildman–Crippen MR) is 128 cm³/mol. The minimum atomic E-state index is -0.879. The van der Waals surface area contributed by atoms with Gasteiger partial charge in [0.2, 0.25) is 0 Å². The van der Waals surface area contributed by atoms with Crippen LogP contribution in [-0.4, -0.2) is 20.0 Å². The first-order chi connectivity index (χ1) is 16.2. The van der Waals surface area contributed by atoms with E-state index in [1.807, 2.05) is 84.9 Å². The standard InChI is InChI=1S/C29H24O4/c1-31-23-15-9-17-25-27(23)29(21-13-7-4-8-14-21,19-22(30)20-11-5-3-6-12-20)28-24(32-2)16-10-18-26(28)33-25/h3-18H,19H2,1-2H3. The highest BCUT2D eigenvalue weighted by Gasteiger charge is 2.49. The number of hydrogen-bond donors (Lipinski definition) is 0. The van der Waals surface area contributed by atoms with Gasteiger partial charge in [-0.25, -0.2) is 0 Å². The molecular formula is C29H24O4. The van der Waals surface area contributed by atoms with Crippen LogP contribution in [0.25, 0.3) is 0 Å². The van der Waals surface area contributed by atoms with Crippen LogP contribution >= 0.6 is 0 Å². The molecule has 0 fully saturated rings. The summed E-state index contributed by atoms with van der Waals surface area (Å²) in [6.45, 7) is 0. The molecule has 4 nitrogen and oxygen atoms in total. The largest absolute Gasteiger partial charge is 0.496 e. The van der Waals surface area contributed by atoms with E-state index in [4.69, 9.17) is 14.2 Å². The first kappa shape index (κ1) is 20.8. The van der Waals surface area contributed by atoms with E-state index in [0.29, 0.717) is 28.6 Å². The van der Waals surface area contributed by atoms with E-state index in [1.165, 1.54) is 0 Å². The van der Waals surface area contributed by atoms with Crippen molar-refractivity contribution in [3.63, 3.8) is 0 Å². The quantitative estimate of drug-likeness (QED) is 0.327. The molecule has 33 heavy (non-hydrogen) atoms. The summed E-state index contributed by atoms with van der Waals surface area (Å²) in [5.41, 5.74) is 2.39. The van der Waals surface area contributed by atoms with Crippen molar-refractivity contribution in [2.24, 2.45) is 0 Å². The van der Waals surface area contributed by atoms with Gasteiger partial charge in [0.1, 0.15) is 23.0 Å². The van der Waals surface area contributed by atoms with Gasteiger partial charge in [-0.05, 0) is 29.8 Å². The summed E-state index contributed by atoms with van der Waals surface area (Å²) in [6, 6.07) is 30.9. The maximum absolute atomic E-state index is 13.8. The molecule has 0 spiro atoms. The van der Waals surface area contributed by atoms with E-state index in [0.717, 1.165) is 16.7 Å². The lowest BCUT2D eigenvalue weighted by atomic mass is 9.64. The van der Waals surface area contributed by atoms with E-state index >= 15 is 0 Å². The molecule has 0 aliphatic carbocycles. The van der Waals surface area contributed by atoms with Crippen LogP contribution in [0.5, 0.6) is 23.0 Å². The maximum atomic E-state index is 13.8. The molecule has 5 rings (SSSR count). The highest BCUT2D eigenvalue weighted by molar-refractivity contribution is 5.98. The number of benzene rings is 4. The molecule has 0 N–H and O–H groups in total. The Bertz CT molecular complexity index is 1240. The zero-order valence-corrected chi connectivity index (χ0v) is 18.6. The van der Waals surface area contributed by atoms with Gasteiger partial charge in [-0.2, -0.15) is 0 Å². The van der Waals surface area contributed by atoms with Crippen molar-refractivity contribution < 1.29 is 19.0 Å². The summed E-state index contributed by atoms with van der Waals surface area (Å²) < 4.78 is 18.0. The number of carbonyl (C=O) groups excluding carboxylic acids is 1. The number of ether oxygens (including phenoxy) is 3. The van der Waals surface area contributed by atoms with Crippen LogP contribution in [0, 0.1) is 0 Å². The van der Waals surface area contributed by atoms with Gasteiger partial charge >= 0.3 is 0 Å². The summed E-state index contributed by atoms with van der Waals surface area (Å²) in [5.74, 6) is 2.68. The first-order valence-corrected chi connectivity index (χ1v) is 10.9. The molecule has 164 valence electrons. The van der Waals surface area contributed by atoms with E-state index in [-0.39, 0.29) is 12.2 Å². The fourth-order valence-corrected chi connectivity index (χ4v) is 4.87. The summed E-state index contributed by atoms with van der Waals surface area (Å²) in [4.78, 5) is 13.8. The first-order valence-electron chi connectivity index (χ1n) is 10.9. The van der Waals surface area contributed by atoms with Crippen molar-refractivity contribution in [1.29, 1.82) is 0 Å². The number of rotatable bonds is 6. The minimum absolute atomic E-state index is 0.0232. The van der Waals surface area contributed by atoms with Crippen molar-refractivity contribution in [2.45, 2.75) is 11.8 Å². The van der Waals surface area contributed by atoms with E-state index < -0.39 is 5.41 Å². The van der Waals surface area contributed by atoms with Crippen LogP contribution < -0.4 is 14.2 Å². The summed E-state index contributed by atoms with van der Waals surface area (Å²) in [7, 11) is 3.28. The number of hydrogen-bond acceptors (Lipinski definition) is 4. The van der Waals surface area contributed by atoms with Gasteiger partial charge in [0, 0.05) is 12.0 Å². The molecule has 4 heteroatoms. The maximum Gasteiger partial charge on any atom is 0.164 e. The lowest BCUT2D eigenvalue weighted by Gasteiger charge is -2.41. The Morgan fingerprint density at radius 2 is 1.21 bits per heavy atom. The minimum Gasteiger partial charge on any atom is -0.496 e. The van der Waals surface area contributed by atoms with Crippen molar-refractivity contribution in [3.8, 4) is 23.0 Å². The molecule has 0 saturated heterocycles. The number of carbonyl (C=O) groups is 1. The summed E-state index contributed by atoms with van der Waals surface area (Å²) >= 11 is 0. The van der Waals surface area contributed by atoms with E-state index in [9.17, 15) is 4.79 Å². The lowest BCUT2D eigenvalue weighted by molar-refractivity contribution is 0.0963. The highest BCUT2D eigenvalue weighted by Crippen LogP contribution is 2.59. The molecule has 1 aliphatic heterocycles. The second-order valence-electron chi connectivity index (χ2n) is 8.01. The zero-order valence-electron chi connectivity index (χ0n) is 18.6. The molecule has 0 saturated carbocycles. The highest BCUT2D eigenvalue weighted by atomic mass is 16.5. The van der Waals surface area contributed by atoms with Gasteiger partial charge in [-0.1, -0.05) is 72.8 Å². The topological polar surface area (TPSA) is 44.8 Å². The van der Waals surface area contributed by atoms with Crippen LogP contribution in [0.2, 0.25) is 0 Å². The molecule has 0 radical (unpaired) electrons. The van der Waals surface area contributed by atoms with Crippen LogP contribution in [0.3, 0.4) is 0 Å². The van der Waals surface area contributed by atoms with Gasteiger partial charge in [0.05, 0.1) is 30.8 Å². The van der Waals surface area contributed by atoms with Gasteiger partial charge in [-0.15, -0.1) is 0 Å². The second-order valence-corrected chi connectivity index (χ2v) is 8.01. The van der Waals surface area contributed by atoms with E-state index in [2.05, 4.69) is 12.1 Å². The van der Waals surface area contributed by atoms with Gasteiger partial charge < -0.3 is 14.2 Å². The van der Waals surface area contributed by atoms with Crippen molar-refractivity contribution in [2.75, 3.05) is 14.2 Å². The van der Waals surface area contributed by atoms with E-state index in [1.54, 1.807) is 14.2 Å². The number of fused-ring (bicyclic) bond motifs is 2. The molecule has 4 aromatic rings. The molecule has 1 aliphatic rings. The summed E-state index contributed by atoms with van der Waals surface area (Å²) in [6.07, 6.45) is 0.186. The predicted octanol–water partition coefficient (Wildman–Crippen LogP) is 6.42. The second kappa shape index (κ2) is 8.47. The van der Waals surface area contributed by atoms with Crippen molar-refractivity contribution >= 4 is 5.78 Å². The van der Waals surface area contributed by atoms with Crippen LogP contribution in [0.1, 0.15) is 33.5 Å². The number of Topliss-reactive ketones (excluding diaryl/α,β-unsaturated/α-hetero) is 1. The SMILES string of the molecule is COc1cccc2c1C(CC(=O)c1ccccc1)(c1ccccc1)c1c(OC)cccc1O2. The number of ketones is 1. The normalized spacial score (nSPS) is 13.3. The van der Waals surface area contributed by atoms with Gasteiger partial charge in [-0.3, -0.25) is 4.79 Å². The molecule has 0 aromatic heterocycles. The molecule has 0 atom stereocenters. The third-order valence-electron chi connectivity index (χ3n) is 6.28. The third-order valence-corrected chi connectivity index (χ3v) is 6.28. The molecule has 1 heterocycles. The van der Waals surface area contributed by atoms with Crippen LogP contribution in [0.15, 0.2) is 97.1 Å². The van der Waals surface area contributed by atoms with Crippen molar-refractivity contribution in [3.05, 3.63) is 119 Å². The summed E-state index contributed by atoms with van der Waals surface area (Å²) in [5, 5.41) is 0. The van der Waals surface area contributed by atoms with Crippen molar-refractivity contribution in [1.82, 2.24) is 0 Å². The zero-order chi connectivity index (χ0) is 22.8. The fourth-order valence-electron chi connectivity index (χ4n) is 4.87. The average Bonchev–Trinajstić information content (AvgIpc) is 2.88. The Morgan fingerprint density at radius 1 is 0.697 bits per heavy atom. The lowest BCUT2D eigenvalue weighted by Crippen LogP contribution is -2.36. The van der Waals surface area contributed by atoms with Crippen LogP contribution in [-0.2, 0) is 5.41 Å². The van der Waals surface area contributed by atoms with Crippen LogP contribution in [0.4, 0.5) is 0 Å². The molecule has 0 unspecified atom stereocenters. The Hall–Kier alpha value is -4.05. The Morgan fingerprint density at radius 3 is 1.73 bits per heavy atom. The molecule has 0 bridgehead atoms. The molecule has 4 aromatic carbocycles. The molecule has 0 amide bonds. The van der Waals surface area contributed by atoms with Gasteiger partial charge in [0.25, 0.3) is 0 Å². The molecular weight excluding hydrogens is 412 g/mol. The monoisotopic (exact) mass is 436 g/mol.